The number of rotatable bonds is 3. The normalized spacial score (nSPS) is 11.4. The van der Waals surface area contributed by atoms with Crippen LogP contribution in [-0.2, 0) is 6.18 Å². The number of carbonyl (C=O) groups is 1. The zero-order valence-electron chi connectivity index (χ0n) is 9.31. The molecule has 106 valence electrons. The molecule has 0 atom stereocenters. The van der Waals surface area contributed by atoms with Crippen LogP contribution < -0.4 is 4.74 Å². The van der Waals surface area contributed by atoms with E-state index in [1.165, 1.54) is 0 Å². The first-order chi connectivity index (χ1) is 9.27. The van der Waals surface area contributed by atoms with E-state index in [4.69, 9.17) is 9.84 Å². The molecule has 0 fully saturated rings. The Labute approximate surface area is 112 Å². The summed E-state index contributed by atoms with van der Waals surface area (Å²) in [5.41, 5.74) is -0.407. The Morgan fingerprint density at radius 1 is 1.30 bits per heavy atom. The lowest BCUT2D eigenvalue weighted by Crippen LogP contribution is -2.03. The highest BCUT2D eigenvalue weighted by atomic mass is 32.1. The van der Waals surface area contributed by atoms with Gasteiger partial charge in [0.15, 0.2) is 0 Å². The zero-order chi connectivity index (χ0) is 14.9. The number of halogens is 4. The third-order valence-electron chi connectivity index (χ3n) is 2.02. The van der Waals surface area contributed by atoms with Crippen molar-refractivity contribution in [1.82, 2.24) is 10.2 Å². The van der Waals surface area contributed by atoms with E-state index in [1.54, 1.807) is 0 Å². The third-order valence-corrected chi connectivity index (χ3v) is 2.87. The van der Waals surface area contributed by atoms with Crippen molar-refractivity contribution in [3.63, 3.8) is 0 Å². The van der Waals surface area contributed by atoms with E-state index >= 15 is 0 Å². The number of alkyl halides is 3. The lowest BCUT2D eigenvalue weighted by molar-refractivity contribution is -0.138. The maximum Gasteiger partial charge on any atom is 0.445 e. The lowest BCUT2D eigenvalue weighted by Gasteiger charge is -2.05. The summed E-state index contributed by atoms with van der Waals surface area (Å²) in [4.78, 5) is 10.9. The first-order valence-electron chi connectivity index (χ1n) is 4.89. The van der Waals surface area contributed by atoms with E-state index in [0.29, 0.717) is 0 Å². The molecular weight excluding hydrogens is 304 g/mol. The predicted octanol–water partition coefficient (Wildman–Crippen LogP) is 3.19. The molecule has 1 N–H and O–H groups in total. The first kappa shape index (κ1) is 14.2. The molecule has 20 heavy (non-hydrogen) atoms. The highest BCUT2D eigenvalue weighted by Crippen LogP contribution is 2.36. The predicted molar refractivity (Wildman–Crippen MR) is 58.3 cm³/mol. The fraction of sp³-hybridized carbons (Fsp3) is 0.100. The molecule has 0 bridgehead atoms. The molecule has 0 aliphatic rings. The minimum Gasteiger partial charge on any atom is -0.478 e. The molecule has 0 radical (unpaired) electrons. The van der Waals surface area contributed by atoms with E-state index in [9.17, 15) is 22.4 Å². The molecule has 2 rings (SSSR count). The quantitative estimate of drug-likeness (QED) is 0.882. The molecule has 0 aliphatic carbocycles. The summed E-state index contributed by atoms with van der Waals surface area (Å²) in [5.74, 6) is -2.67. The molecule has 1 heterocycles. The molecule has 1 aromatic heterocycles. The van der Waals surface area contributed by atoms with E-state index < -0.39 is 39.5 Å². The van der Waals surface area contributed by atoms with Crippen LogP contribution in [0.4, 0.5) is 17.6 Å². The highest BCUT2D eigenvalue weighted by Gasteiger charge is 2.36. The van der Waals surface area contributed by atoms with Gasteiger partial charge < -0.3 is 9.84 Å². The van der Waals surface area contributed by atoms with Crippen LogP contribution in [-0.4, -0.2) is 21.3 Å². The number of ether oxygens (including phenoxy) is 1. The molecule has 0 saturated carbocycles. The van der Waals surface area contributed by atoms with Crippen LogP contribution in [0.3, 0.4) is 0 Å². The van der Waals surface area contributed by atoms with E-state index in [1.807, 2.05) is 0 Å². The van der Waals surface area contributed by atoms with Crippen molar-refractivity contribution >= 4 is 17.3 Å². The second kappa shape index (κ2) is 5.04. The molecule has 5 nitrogen and oxygen atoms in total. The Bertz CT molecular complexity index is 656. The van der Waals surface area contributed by atoms with Crippen molar-refractivity contribution < 1.29 is 32.2 Å². The van der Waals surface area contributed by atoms with Gasteiger partial charge in [0.1, 0.15) is 17.1 Å². The van der Waals surface area contributed by atoms with Crippen LogP contribution in [0.15, 0.2) is 18.2 Å². The standard InChI is InChI=1S/C10H4F4N2O3S/c11-4-1-2-5(7(17)18)6(3-4)19-9-16-15-8(20-9)10(12,13)14/h1-3H,(H,17,18). The fourth-order valence-electron chi connectivity index (χ4n) is 1.22. The number of hydrogen-bond donors (Lipinski definition) is 1. The molecule has 0 spiro atoms. The minimum atomic E-state index is -4.68. The molecule has 0 saturated heterocycles. The Kier molecular flexibility index (Phi) is 3.57. The van der Waals surface area contributed by atoms with Gasteiger partial charge in [0.2, 0.25) is 5.01 Å². The molecule has 0 aliphatic heterocycles. The van der Waals surface area contributed by atoms with Gasteiger partial charge >= 0.3 is 12.1 Å². The van der Waals surface area contributed by atoms with E-state index in [2.05, 4.69) is 10.2 Å². The van der Waals surface area contributed by atoms with Gasteiger partial charge in [-0.25, -0.2) is 9.18 Å². The number of benzene rings is 1. The number of aromatic nitrogens is 2. The SMILES string of the molecule is O=C(O)c1ccc(F)cc1Oc1nnc(C(F)(F)F)s1. The lowest BCUT2D eigenvalue weighted by atomic mass is 10.2. The molecule has 10 heteroatoms. The van der Waals surface area contributed by atoms with Crippen LogP contribution >= 0.6 is 11.3 Å². The largest absolute Gasteiger partial charge is 0.478 e. The topological polar surface area (TPSA) is 72.3 Å². The second-order valence-corrected chi connectivity index (χ2v) is 4.36. The van der Waals surface area contributed by atoms with Crippen molar-refractivity contribution in [3.8, 4) is 10.9 Å². The highest BCUT2D eigenvalue weighted by molar-refractivity contribution is 7.13. The van der Waals surface area contributed by atoms with Gasteiger partial charge in [-0.05, 0) is 12.1 Å². The Morgan fingerprint density at radius 2 is 2.00 bits per heavy atom. The van der Waals surface area contributed by atoms with Crippen molar-refractivity contribution in [1.29, 1.82) is 0 Å². The summed E-state index contributed by atoms with van der Waals surface area (Å²) in [7, 11) is 0. The van der Waals surface area contributed by atoms with Crippen molar-refractivity contribution in [2.45, 2.75) is 6.18 Å². The van der Waals surface area contributed by atoms with Crippen molar-refractivity contribution in [3.05, 3.63) is 34.6 Å². The fourth-order valence-corrected chi connectivity index (χ4v) is 1.79. The van der Waals surface area contributed by atoms with Crippen LogP contribution in [0, 0.1) is 5.82 Å². The first-order valence-corrected chi connectivity index (χ1v) is 5.70. The van der Waals surface area contributed by atoms with Gasteiger partial charge in [-0.2, -0.15) is 13.2 Å². The average molecular weight is 308 g/mol. The van der Waals surface area contributed by atoms with Crippen LogP contribution in [0.2, 0.25) is 0 Å². The van der Waals surface area contributed by atoms with Gasteiger partial charge in [-0.15, -0.1) is 5.10 Å². The van der Waals surface area contributed by atoms with Gasteiger partial charge in [0.25, 0.3) is 5.19 Å². The van der Waals surface area contributed by atoms with E-state index in [-0.39, 0.29) is 11.3 Å². The summed E-state index contributed by atoms with van der Waals surface area (Å²) >= 11 is 0.0761. The smallest absolute Gasteiger partial charge is 0.445 e. The Hall–Kier alpha value is -2.23. The number of nitrogens with zero attached hydrogens (tertiary/aromatic N) is 2. The summed E-state index contributed by atoms with van der Waals surface area (Å²) < 4.78 is 54.8. The maximum atomic E-state index is 13.0. The van der Waals surface area contributed by atoms with Gasteiger partial charge in [-0.3, -0.25) is 0 Å². The zero-order valence-corrected chi connectivity index (χ0v) is 10.1. The Morgan fingerprint density at radius 3 is 2.55 bits per heavy atom. The van der Waals surface area contributed by atoms with Crippen molar-refractivity contribution in [2.24, 2.45) is 0 Å². The molecule has 0 amide bonds. The van der Waals surface area contributed by atoms with E-state index in [0.717, 1.165) is 18.2 Å². The van der Waals surface area contributed by atoms with Gasteiger partial charge in [-0.1, -0.05) is 16.4 Å². The molecule has 1 aromatic carbocycles. The van der Waals surface area contributed by atoms with Gasteiger partial charge in [0, 0.05) is 6.07 Å². The number of hydrogen-bond acceptors (Lipinski definition) is 5. The molecule has 2 aromatic rings. The van der Waals surface area contributed by atoms with Gasteiger partial charge in [0.05, 0.1) is 0 Å². The summed E-state index contributed by atoms with van der Waals surface area (Å²) in [5, 5.41) is 13.0. The summed E-state index contributed by atoms with van der Waals surface area (Å²) in [6.45, 7) is 0. The monoisotopic (exact) mass is 308 g/mol. The minimum absolute atomic E-state index is 0.0761. The van der Waals surface area contributed by atoms with Crippen LogP contribution in [0.25, 0.3) is 0 Å². The van der Waals surface area contributed by atoms with Crippen LogP contribution in [0.1, 0.15) is 15.4 Å². The number of carboxylic acid groups (broad SMARTS) is 1. The number of aromatic carboxylic acids is 1. The average Bonchev–Trinajstić information content (AvgIpc) is 2.76. The Balaban J connectivity index is 2.32. The van der Waals surface area contributed by atoms with Crippen LogP contribution in [0.5, 0.6) is 10.9 Å². The second-order valence-electron chi connectivity index (χ2n) is 3.42. The summed E-state index contributed by atoms with van der Waals surface area (Å²) in [6.07, 6.45) is -4.68. The molecular formula is C10H4F4N2O3S. The van der Waals surface area contributed by atoms with Crippen molar-refractivity contribution in [2.75, 3.05) is 0 Å². The third kappa shape index (κ3) is 3.02. The number of carboxylic acids is 1. The summed E-state index contributed by atoms with van der Waals surface area (Å²) in [6, 6.07) is 2.55. The maximum absolute atomic E-state index is 13.0. The molecule has 0 unspecified atom stereocenters.